The molecule has 0 bridgehead atoms. The summed E-state index contributed by atoms with van der Waals surface area (Å²) in [5.41, 5.74) is 0.995. The number of benzene rings is 1. The molecule has 0 amide bonds. The zero-order valence-electron chi connectivity index (χ0n) is 11.8. The SMILES string of the molecule is COc1ccc(/C(C#N)=C/[C@H]2[C@H](C(=O)O)C2(C)C)cc1. The smallest absolute Gasteiger partial charge is 0.307 e. The molecule has 0 aliphatic heterocycles. The fourth-order valence-electron chi connectivity index (χ4n) is 2.61. The summed E-state index contributed by atoms with van der Waals surface area (Å²) in [6, 6.07) is 9.33. The molecule has 0 saturated heterocycles. The van der Waals surface area contributed by atoms with Gasteiger partial charge in [0.1, 0.15) is 5.75 Å². The van der Waals surface area contributed by atoms with Gasteiger partial charge in [0, 0.05) is 0 Å². The van der Waals surface area contributed by atoms with E-state index in [-0.39, 0.29) is 11.3 Å². The van der Waals surface area contributed by atoms with Crippen molar-refractivity contribution in [3.05, 3.63) is 35.9 Å². The number of nitriles is 1. The van der Waals surface area contributed by atoms with Crippen LogP contribution in [-0.2, 0) is 4.79 Å². The van der Waals surface area contributed by atoms with E-state index in [0.29, 0.717) is 5.57 Å². The van der Waals surface area contributed by atoms with Crippen LogP contribution < -0.4 is 4.74 Å². The topological polar surface area (TPSA) is 70.3 Å². The van der Waals surface area contributed by atoms with Crippen LogP contribution >= 0.6 is 0 Å². The number of aliphatic carboxylic acids is 1. The molecule has 0 heterocycles. The summed E-state index contributed by atoms with van der Waals surface area (Å²) < 4.78 is 5.08. The number of allylic oxidation sites excluding steroid dienone is 2. The fraction of sp³-hybridized carbons (Fsp3) is 0.375. The second-order valence-electron chi connectivity index (χ2n) is 5.58. The number of rotatable bonds is 4. The molecule has 20 heavy (non-hydrogen) atoms. The third-order valence-corrected chi connectivity index (χ3v) is 4.04. The van der Waals surface area contributed by atoms with Crippen LogP contribution in [0.15, 0.2) is 30.3 Å². The van der Waals surface area contributed by atoms with Crippen LogP contribution in [0.25, 0.3) is 5.57 Å². The predicted molar refractivity (Wildman–Crippen MR) is 75.0 cm³/mol. The highest BCUT2D eigenvalue weighted by atomic mass is 16.5. The molecule has 0 aromatic heterocycles. The van der Waals surface area contributed by atoms with E-state index in [0.717, 1.165) is 11.3 Å². The molecule has 1 aliphatic carbocycles. The average Bonchev–Trinajstić information content (AvgIpc) is 2.97. The highest BCUT2D eigenvalue weighted by Gasteiger charge is 2.61. The van der Waals surface area contributed by atoms with E-state index in [1.54, 1.807) is 37.5 Å². The number of carboxylic acids is 1. The molecule has 0 spiro atoms. The molecule has 1 saturated carbocycles. The van der Waals surface area contributed by atoms with Gasteiger partial charge in [0.2, 0.25) is 0 Å². The molecule has 1 N–H and O–H groups in total. The second-order valence-corrected chi connectivity index (χ2v) is 5.58. The Bertz CT molecular complexity index is 593. The Morgan fingerprint density at radius 1 is 1.40 bits per heavy atom. The maximum absolute atomic E-state index is 11.1. The van der Waals surface area contributed by atoms with E-state index in [4.69, 9.17) is 9.84 Å². The third kappa shape index (κ3) is 2.39. The maximum atomic E-state index is 11.1. The second kappa shape index (κ2) is 5.01. The Balaban J connectivity index is 2.27. The third-order valence-electron chi connectivity index (χ3n) is 4.04. The lowest BCUT2D eigenvalue weighted by molar-refractivity contribution is -0.139. The van der Waals surface area contributed by atoms with Crippen molar-refractivity contribution in [2.45, 2.75) is 13.8 Å². The molecular weight excluding hydrogens is 254 g/mol. The molecular formula is C16H17NO3. The molecule has 4 nitrogen and oxygen atoms in total. The molecule has 104 valence electrons. The van der Waals surface area contributed by atoms with Crippen LogP contribution in [0.1, 0.15) is 19.4 Å². The number of hydrogen-bond acceptors (Lipinski definition) is 3. The Morgan fingerprint density at radius 2 is 2.00 bits per heavy atom. The van der Waals surface area contributed by atoms with Crippen LogP contribution in [0.5, 0.6) is 5.75 Å². The lowest BCUT2D eigenvalue weighted by Crippen LogP contribution is -2.03. The van der Waals surface area contributed by atoms with E-state index < -0.39 is 11.9 Å². The summed E-state index contributed by atoms with van der Waals surface area (Å²) in [5, 5.41) is 18.4. The van der Waals surface area contributed by atoms with E-state index in [1.807, 2.05) is 13.8 Å². The van der Waals surface area contributed by atoms with Gasteiger partial charge in [0.25, 0.3) is 0 Å². The molecule has 0 unspecified atom stereocenters. The van der Waals surface area contributed by atoms with Gasteiger partial charge in [-0.25, -0.2) is 0 Å². The molecule has 2 rings (SSSR count). The van der Waals surface area contributed by atoms with Gasteiger partial charge in [-0.3, -0.25) is 4.79 Å². The largest absolute Gasteiger partial charge is 0.497 e. The monoisotopic (exact) mass is 271 g/mol. The maximum Gasteiger partial charge on any atom is 0.307 e. The molecule has 1 aromatic carbocycles. The van der Waals surface area contributed by atoms with Crippen LogP contribution in [0, 0.1) is 28.6 Å². The van der Waals surface area contributed by atoms with Crippen molar-refractivity contribution < 1.29 is 14.6 Å². The highest BCUT2D eigenvalue weighted by molar-refractivity contribution is 5.81. The first-order valence-electron chi connectivity index (χ1n) is 6.41. The van der Waals surface area contributed by atoms with Crippen LogP contribution in [-0.4, -0.2) is 18.2 Å². The minimum absolute atomic E-state index is 0.100. The summed E-state index contributed by atoms with van der Waals surface area (Å²) in [7, 11) is 1.58. The minimum atomic E-state index is -0.803. The summed E-state index contributed by atoms with van der Waals surface area (Å²) >= 11 is 0. The van der Waals surface area contributed by atoms with Crippen molar-refractivity contribution in [3.63, 3.8) is 0 Å². The number of nitrogens with zero attached hydrogens (tertiary/aromatic N) is 1. The van der Waals surface area contributed by atoms with E-state index in [9.17, 15) is 10.1 Å². The number of carboxylic acid groups (broad SMARTS) is 1. The Labute approximate surface area is 118 Å². The van der Waals surface area contributed by atoms with Gasteiger partial charge < -0.3 is 9.84 Å². The lowest BCUT2D eigenvalue weighted by Gasteiger charge is -2.03. The molecule has 1 aliphatic rings. The molecule has 2 atom stereocenters. The van der Waals surface area contributed by atoms with Crippen molar-refractivity contribution in [1.82, 2.24) is 0 Å². The number of methoxy groups -OCH3 is 1. The number of ether oxygens (including phenoxy) is 1. The molecule has 1 aromatic rings. The Kier molecular flexibility index (Phi) is 3.54. The predicted octanol–water partition coefficient (Wildman–Crippen LogP) is 2.96. The number of hydrogen-bond donors (Lipinski definition) is 1. The Hall–Kier alpha value is -2.28. The first-order valence-corrected chi connectivity index (χ1v) is 6.41. The van der Waals surface area contributed by atoms with Gasteiger partial charge in [0.05, 0.1) is 24.7 Å². The Morgan fingerprint density at radius 3 is 2.40 bits per heavy atom. The quantitative estimate of drug-likeness (QED) is 0.855. The van der Waals surface area contributed by atoms with Crippen LogP contribution in [0.4, 0.5) is 0 Å². The normalized spacial score (nSPS) is 23.8. The van der Waals surface area contributed by atoms with Crippen LogP contribution in [0.2, 0.25) is 0 Å². The van der Waals surface area contributed by atoms with Crippen molar-refractivity contribution in [3.8, 4) is 11.8 Å². The van der Waals surface area contributed by atoms with Gasteiger partial charge in [-0.2, -0.15) is 5.26 Å². The van der Waals surface area contributed by atoms with Crippen LogP contribution in [0.3, 0.4) is 0 Å². The van der Waals surface area contributed by atoms with Crippen molar-refractivity contribution in [2.75, 3.05) is 7.11 Å². The zero-order valence-corrected chi connectivity index (χ0v) is 11.8. The van der Waals surface area contributed by atoms with Gasteiger partial charge in [-0.05, 0) is 41.2 Å². The average molecular weight is 271 g/mol. The first kappa shape index (κ1) is 14.1. The zero-order chi connectivity index (χ0) is 14.9. The number of carbonyl (C=O) groups is 1. The molecule has 4 heteroatoms. The summed E-state index contributed by atoms with van der Waals surface area (Å²) in [5.74, 6) is -0.592. The molecule has 1 fully saturated rings. The van der Waals surface area contributed by atoms with E-state index in [2.05, 4.69) is 6.07 Å². The minimum Gasteiger partial charge on any atom is -0.497 e. The first-order chi connectivity index (χ1) is 9.41. The van der Waals surface area contributed by atoms with Crippen molar-refractivity contribution in [2.24, 2.45) is 17.3 Å². The summed E-state index contributed by atoms with van der Waals surface area (Å²) in [6.45, 7) is 3.83. The highest BCUT2D eigenvalue weighted by Crippen LogP contribution is 2.59. The van der Waals surface area contributed by atoms with E-state index in [1.165, 1.54) is 0 Å². The summed E-state index contributed by atoms with van der Waals surface area (Å²) in [4.78, 5) is 11.1. The van der Waals surface area contributed by atoms with Crippen molar-refractivity contribution >= 4 is 11.5 Å². The van der Waals surface area contributed by atoms with Crippen molar-refractivity contribution in [1.29, 1.82) is 5.26 Å². The standard InChI is InChI=1S/C16H17NO3/c1-16(2)13(14(16)15(18)19)8-11(9-17)10-4-6-12(20-3)7-5-10/h4-8,13-14H,1-3H3,(H,18,19)/b11-8+/t13-,14+/m0/s1. The fourth-order valence-corrected chi connectivity index (χ4v) is 2.61. The van der Waals surface area contributed by atoms with Gasteiger partial charge in [-0.1, -0.05) is 19.9 Å². The van der Waals surface area contributed by atoms with E-state index >= 15 is 0 Å². The lowest BCUT2D eigenvalue weighted by atomic mass is 10.0. The summed E-state index contributed by atoms with van der Waals surface area (Å²) in [6.07, 6.45) is 1.78. The van der Waals surface area contributed by atoms with Gasteiger partial charge >= 0.3 is 5.97 Å². The molecule has 0 radical (unpaired) electrons. The van der Waals surface area contributed by atoms with Gasteiger partial charge in [0.15, 0.2) is 0 Å². The van der Waals surface area contributed by atoms with Gasteiger partial charge in [-0.15, -0.1) is 0 Å².